The lowest BCUT2D eigenvalue weighted by molar-refractivity contribution is 0.104. The molecule has 0 aliphatic rings. The van der Waals surface area contributed by atoms with Crippen LogP contribution in [0, 0.1) is 0 Å². The van der Waals surface area contributed by atoms with Crippen molar-refractivity contribution in [2.45, 2.75) is 26.0 Å². The number of aliphatic hydroxyl groups excluding tert-OH is 1. The zero-order valence-electron chi connectivity index (χ0n) is 9.68. The van der Waals surface area contributed by atoms with Crippen LogP contribution in [0.2, 0.25) is 0 Å². The highest BCUT2D eigenvalue weighted by atomic mass is 16.5. The summed E-state index contributed by atoms with van der Waals surface area (Å²) in [5.74, 6) is 0.843. The maximum Gasteiger partial charge on any atom is 0.119 e. The van der Waals surface area contributed by atoms with E-state index in [0.29, 0.717) is 18.3 Å². The molecule has 1 rings (SSSR count). The van der Waals surface area contributed by atoms with Crippen LogP contribution >= 0.6 is 0 Å². The van der Waals surface area contributed by atoms with Gasteiger partial charge in [-0.05, 0) is 24.3 Å². The van der Waals surface area contributed by atoms with Gasteiger partial charge in [0.05, 0.1) is 0 Å². The molecule has 1 aromatic carbocycles. The molecule has 16 heavy (non-hydrogen) atoms. The molecule has 0 aliphatic carbocycles. The third kappa shape index (κ3) is 5.00. The lowest BCUT2D eigenvalue weighted by Gasteiger charge is -2.14. The van der Waals surface area contributed by atoms with E-state index in [1.807, 2.05) is 13.8 Å². The van der Waals surface area contributed by atoms with Crippen molar-refractivity contribution in [2.75, 3.05) is 13.2 Å². The van der Waals surface area contributed by atoms with E-state index in [-0.39, 0.29) is 12.4 Å². The summed E-state index contributed by atoms with van der Waals surface area (Å²) in [5, 5.41) is 21.8. The summed E-state index contributed by atoms with van der Waals surface area (Å²) in [6.45, 7) is 4.79. The van der Waals surface area contributed by atoms with Crippen molar-refractivity contribution in [3.63, 3.8) is 0 Å². The third-order valence-corrected chi connectivity index (χ3v) is 2.04. The van der Waals surface area contributed by atoms with Crippen LogP contribution in [0.25, 0.3) is 0 Å². The molecule has 0 fully saturated rings. The quantitative estimate of drug-likeness (QED) is 0.679. The molecule has 1 aromatic rings. The van der Waals surface area contributed by atoms with Crippen LogP contribution < -0.4 is 10.1 Å². The van der Waals surface area contributed by atoms with Gasteiger partial charge in [0.2, 0.25) is 0 Å². The Morgan fingerprint density at radius 3 is 2.44 bits per heavy atom. The van der Waals surface area contributed by atoms with Gasteiger partial charge in [-0.2, -0.15) is 0 Å². The summed E-state index contributed by atoms with van der Waals surface area (Å²) in [7, 11) is 0. The molecule has 4 nitrogen and oxygen atoms in total. The molecule has 0 radical (unpaired) electrons. The molecule has 0 heterocycles. The minimum Gasteiger partial charge on any atom is -0.508 e. The predicted molar refractivity (Wildman–Crippen MR) is 62.7 cm³/mol. The van der Waals surface area contributed by atoms with Crippen molar-refractivity contribution >= 4 is 0 Å². The third-order valence-electron chi connectivity index (χ3n) is 2.04. The number of nitrogens with one attached hydrogen (secondary N) is 1. The van der Waals surface area contributed by atoms with Gasteiger partial charge < -0.3 is 20.3 Å². The zero-order valence-corrected chi connectivity index (χ0v) is 9.68. The summed E-state index contributed by atoms with van der Waals surface area (Å²) in [4.78, 5) is 0. The number of phenols is 1. The monoisotopic (exact) mass is 225 g/mol. The van der Waals surface area contributed by atoms with E-state index in [0.717, 1.165) is 0 Å². The minimum absolute atomic E-state index is 0.203. The van der Waals surface area contributed by atoms with Crippen molar-refractivity contribution in [3.05, 3.63) is 24.3 Å². The number of phenolic OH excluding ortho intramolecular Hbond substituents is 1. The Labute approximate surface area is 95.9 Å². The number of benzene rings is 1. The minimum atomic E-state index is -0.531. The van der Waals surface area contributed by atoms with E-state index >= 15 is 0 Å². The number of hydrogen-bond acceptors (Lipinski definition) is 4. The van der Waals surface area contributed by atoms with Crippen molar-refractivity contribution < 1.29 is 14.9 Å². The smallest absolute Gasteiger partial charge is 0.119 e. The highest BCUT2D eigenvalue weighted by Gasteiger charge is 2.05. The van der Waals surface area contributed by atoms with Crippen LogP contribution in [0.3, 0.4) is 0 Å². The van der Waals surface area contributed by atoms with Crippen LogP contribution in [-0.2, 0) is 0 Å². The van der Waals surface area contributed by atoms with Crippen molar-refractivity contribution in [2.24, 2.45) is 0 Å². The molecule has 0 saturated carbocycles. The zero-order chi connectivity index (χ0) is 12.0. The summed E-state index contributed by atoms with van der Waals surface area (Å²) in [6, 6.07) is 6.78. The molecule has 0 spiro atoms. The highest BCUT2D eigenvalue weighted by Crippen LogP contribution is 2.15. The second kappa shape index (κ2) is 6.35. The van der Waals surface area contributed by atoms with Crippen LogP contribution in [-0.4, -0.2) is 35.5 Å². The van der Waals surface area contributed by atoms with E-state index in [1.165, 1.54) is 0 Å². The van der Waals surface area contributed by atoms with Crippen LogP contribution in [0.4, 0.5) is 0 Å². The Hall–Kier alpha value is -1.26. The number of ether oxygens (including phenoxy) is 1. The molecular weight excluding hydrogens is 206 g/mol. The van der Waals surface area contributed by atoms with Crippen LogP contribution in [0.15, 0.2) is 24.3 Å². The maximum atomic E-state index is 9.58. The topological polar surface area (TPSA) is 61.7 Å². The Kier molecular flexibility index (Phi) is 5.08. The Bertz CT molecular complexity index is 298. The van der Waals surface area contributed by atoms with E-state index in [2.05, 4.69) is 5.32 Å². The van der Waals surface area contributed by atoms with Gasteiger partial charge in [0.1, 0.15) is 24.2 Å². The average Bonchev–Trinajstić information content (AvgIpc) is 2.25. The van der Waals surface area contributed by atoms with Gasteiger partial charge in [-0.15, -0.1) is 0 Å². The molecular formula is C12H19NO3. The van der Waals surface area contributed by atoms with Gasteiger partial charge in [0.15, 0.2) is 0 Å². The second-order valence-electron chi connectivity index (χ2n) is 4.02. The normalized spacial score (nSPS) is 12.8. The fourth-order valence-electron chi connectivity index (χ4n) is 1.17. The summed E-state index contributed by atoms with van der Waals surface area (Å²) < 4.78 is 5.35. The molecule has 0 aromatic heterocycles. The molecule has 0 saturated heterocycles. The Morgan fingerprint density at radius 1 is 1.25 bits per heavy atom. The summed E-state index contributed by atoms with van der Waals surface area (Å²) in [6.07, 6.45) is -0.531. The number of hydrogen-bond donors (Lipinski definition) is 3. The molecule has 90 valence electrons. The van der Waals surface area contributed by atoms with Crippen molar-refractivity contribution in [1.29, 1.82) is 0 Å². The van der Waals surface area contributed by atoms with Crippen LogP contribution in [0.1, 0.15) is 13.8 Å². The van der Waals surface area contributed by atoms with Gasteiger partial charge in [-0.3, -0.25) is 0 Å². The SMILES string of the molecule is CC(C)NC[C@@H](O)COc1ccc(O)cc1. The number of rotatable bonds is 6. The van der Waals surface area contributed by atoms with Crippen LogP contribution in [0.5, 0.6) is 11.5 Å². The first-order chi connectivity index (χ1) is 7.58. The molecule has 3 N–H and O–H groups in total. The van der Waals surface area contributed by atoms with Gasteiger partial charge in [0.25, 0.3) is 0 Å². The molecule has 0 unspecified atom stereocenters. The standard InChI is InChI=1S/C12H19NO3/c1-9(2)13-7-11(15)8-16-12-5-3-10(14)4-6-12/h3-6,9,11,13-15H,7-8H2,1-2H3/t11-/m1/s1. The van der Waals surface area contributed by atoms with E-state index in [9.17, 15) is 5.11 Å². The first-order valence-corrected chi connectivity index (χ1v) is 5.41. The summed E-state index contributed by atoms with van der Waals surface area (Å²) in [5.41, 5.74) is 0. The van der Waals surface area contributed by atoms with Crippen molar-refractivity contribution in [1.82, 2.24) is 5.32 Å². The molecule has 0 aliphatic heterocycles. The fourth-order valence-corrected chi connectivity index (χ4v) is 1.17. The molecule has 0 bridgehead atoms. The van der Waals surface area contributed by atoms with E-state index < -0.39 is 6.10 Å². The number of aliphatic hydroxyl groups is 1. The van der Waals surface area contributed by atoms with Gasteiger partial charge >= 0.3 is 0 Å². The first kappa shape index (κ1) is 12.8. The predicted octanol–water partition coefficient (Wildman–Crippen LogP) is 1.13. The summed E-state index contributed by atoms with van der Waals surface area (Å²) >= 11 is 0. The van der Waals surface area contributed by atoms with Crippen molar-refractivity contribution in [3.8, 4) is 11.5 Å². The maximum absolute atomic E-state index is 9.58. The Morgan fingerprint density at radius 2 is 1.88 bits per heavy atom. The largest absolute Gasteiger partial charge is 0.508 e. The van der Waals surface area contributed by atoms with Gasteiger partial charge in [-0.1, -0.05) is 13.8 Å². The fraction of sp³-hybridized carbons (Fsp3) is 0.500. The number of aromatic hydroxyl groups is 1. The lowest BCUT2D eigenvalue weighted by atomic mass is 10.3. The van der Waals surface area contributed by atoms with E-state index in [1.54, 1.807) is 24.3 Å². The van der Waals surface area contributed by atoms with Gasteiger partial charge in [-0.25, -0.2) is 0 Å². The molecule has 1 atom stereocenters. The average molecular weight is 225 g/mol. The first-order valence-electron chi connectivity index (χ1n) is 5.41. The lowest BCUT2D eigenvalue weighted by Crippen LogP contribution is -2.35. The molecule has 0 amide bonds. The highest BCUT2D eigenvalue weighted by molar-refractivity contribution is 5.30. The van der Waals surface area contributed by atoms with E-state index in [4.69, 9.17) is 9.84 Å². The van der Waals surface area contributed by atoms with Gasteiger partial charge in [0, 0.05) is 12.6 Å². The molecule has 4 heteroatoms. The second-order valence-corrected chi connectivity index (χ2v) is 4.02. The Balaban J connectivity index is 2.26.